The number of aromatic nitrogens is 2. The van der Waals surface area contributed by atoms with Crippen LogP contribution in [0.5, 0.6) is 0 Å². The van der Waals surface area contributed by atoms with Gasteiger partial charge < -0.3 is 25.1 Å². The first kappa shape index (κ1) is 29.1. The zero-order valence-electron chi connectivity index (χ0n) is 25.0. The molecule has 10 nitrogen and oxygen atoms in total. The molecule has 2 fully saturated rings. The van der Waals surface area contributed by atoms with Gasteiger partial charge in [-0.25, -0.2) is 4.98 Å². The third-order valence-electron chi connectivity index (χ3n) is 9.13. The number of fused-ring (bicyclic) bond motifs is 1. The summed E-state index contributed by atoms with van der Waals surface area (Å²) in [7, 11) is 1.89. The molecule has 2 amide bonds. The topological polar surface area (TPSA) is 105 Å². The van der Waals surface area contributed by atoms with Gasteiger partial charge in [0.2, 0.25) is 11.9 Å². The van der Waals surface area contributed by atoms with Gasteiger partial charge in [-0.3, -0.25) is 14.5 Å². The van der Waals surface area contributed by atoms with Gasteiger partial charge in [-0.1, -0.05) is 42.5 Å². The van der Waals surface area contributed by atoms with E-state index < -0.39 is 6.10 Å². The van der Waals surface area contributed by atoms with E-state index in [2.05, 4.69) is 34.5 Å². The van der Waals surface area contributed by atoms with Crippen molar-refractivity contribution < 1.29 is 14.7 Å². The number of nitrogens with one attached hydrogen (secondary N) is 1. The van der Waals surface area contributed by atoms with Gasteiger partial charge >= 0.3 is 0 Å². The van der Waals surface area contributed by atoms with Crippen LogP contribution >= 0.6 is 0 Å². The zero-order chi connectivity index (χ0) is 29.9. The largest absolute Gasteiger partial charge is 0.390 e. The van der Waals surface area contributed by atoms with Crippen molar-refractivity contribution in [2.75, 3.05) is 50.0 Å². The van der Waals surface area contributed by atoms with E-state index in [0.29, 0.717) is 43.5 Å². The van der Waals surface area contributed by atoms with Crippen molar-refractivity contribution in [2.24, 2.45) is 0 Å². The number of aliphatic hydroxyl groups excluding tert-OH is 1. The Morgan fingerprint density at radius 2 is 1.60 bits per heavy atom. The van der Waals surface area contributed by atoms with Crippen LogP contribution in [0.25, 0.3) is 0 Å². The summed E-state index contributed by atoms with van der Waals surface area (Å²) in [5.74, 6) is 0.889. The maximum absolute atomic E-state index is 13.9. The SMILES string of the molecule is CC(=O)N1CCC(Nc2cc(C(=O)N3CC[C@@H](N4CCc5ccccc5C4)[C@H](O)C3)nc(N(C)c3ccccc3)n2)CC1. The molecule has 226 valence electrons. The van der Waals surface area contributed by atoms with E-state index in [-0.39, 0.29) is 30.4 Å². The summed E-state index contributed by atoms with van der Waals surface area (Å²) in [6.07, 6.45) is 2.65. The number of rotatable bonds is 6. The summed E-state index contributed by atoms with van der Waals surface area (Å²) >= 11 is 0. The van der Waals surface area contributed by atoms with Crippen molar-refractivity contribution in [3.8, 4) is 0 Å². The molecule has 43 heavy (non-hydrogen) atoms. The summed E-state index contributed by atoms with van der Waals surface area (Å²) in [6.45, 7) is 5.54. The minimum Gasteiger partial charge on any atom is -0.390 e. The zero-order valence-corrected chi connectivity index (χ0v) is 25.0. The molecule has 3 aromatic rings. The lowest BCUT2D eigenvalue weighted by Gasteiger charge is -2.43. The first-order valence-corrected chi connectivity index (χ1v) is 15.3. The third-order valence-corrected chi connectivity index (χ3v) is 9.13. The lowest BCUT2D eigenvalue weighted by molar-refractivity contribution is -0.129. The van der Waals surface area contributed by atoms with E-state index in [9.17, 15) is 14.7 Å². The Labute approximate surface area is 253 Å². The van der Waals surface area contributed by atoms with Crippen LogP contribution < -0.4 is 10.2 Å². The Kier molecular flexibility index (Phi) is 8.58. The van der Waals surface area contributed by atoms with E-state index in [4.69, 9.17) is 9.97 Å². The van der Waals surface area contributed by atoms with Gasteiger partial charge in [-0.05, 0) is 48.9 Å². The van der Waals surface area contributed by atoms with E-state index in [0.717, 1.165) is 38.0 Å². The Morgan fingerprint density at radius 1 is 0.907 bits per heavy atom. The van der Waals surface area contributed by atoms with Crippen LogP contribution in [0.1, 0.15) is 47.8 Å². The fourth-order valence-corrected chi connectivity index (χ4v) is 6.58. The van der Waals surface area contributed by atoms with Crippen molar-refractivity contribution >= 4 is 29.3 Å². The molecule has 6 rings (SSSR count). The Hall–Kier alpha value is -4.02. The maximum atomic E-state index is 13.9. The molecule has 2 N–H and O–H groups in total. The quantitative estimate of drug-likeness (QED) is 0.456. The molecule has 3 aliphatic rings. The monoisotopic (exact) mass is 583 g/mol. The predicted octanol–water partition coefficient (Wildman–Crippen LogP) is 3.30. The lowest BCUT2D eigenvalue weighted by Crippen LogP contribution is -2.56. The lowest BCUT2D eigenvalue weighted by atomic mass is 9.94. The molecular weight excluding hydrogens is 542 g/mol. The number of anilines is 3. The third kappa shape index (κ3) is 6.50. The van der Waals surface area contributed by atoms with Crippen molar-refractivity contribution in [1.82, 2.24) is 24.7 Å². The minimum absolute atomic E-state index is 0.0145. The molecule has 0 spiro atoms. The Balaban J connectivity index is 1.18. The van der Waals surface area contributed by atoms with Crippen LogP contribution in [0.15, 0.2) is 60.7 Å². The van der Waals surface area contributed by atoms with Gasteiger partial charge in [0.25, 0.3) is 5.91 Å². The van der Waals surface area contributed by atoms with Gasteiger partial charge in [0.05, 0.1) is 6.10 Å². The molecule has 2 atom stereocenters. The number of benzene rings is 2. The number of β-amino-alcohol motifs (C(OH)–C–C–N with tert-alkyl or cyclic N) is 1. The second-order valence-electron chi connectivity index (χ2n) is 11.9. The number of hydrogen-bond donors (Lipinski definition) is 2. The van der Waals surface area contributed by atoms with Crippen LogP contribution in [0.2, 0.25) is 0 Å². The van der Waals surface area contributed by atoms with Gasteiger partial charge in [-0.2, -0.15) is 4.98 Å². The second-order valence-corrected chi connectivity index (χ2v) is 11.9. The molecule has 1 aromatic heterocycles. The average Bonchev–Trinajstić information content (AvgIpc) is 3.04. The van der Waals surface area contributed by atoms with E-state index in [1.807, 2.05) is 47.2 Å². The Bertz CT molecular complexity index is 1440. The van der Waals surface area contributed by atoms with Gasteiger partial charge in [0, 0.05) is 77.1 Å². The van der Waals surface area contributed by atoms with Crippen LogP contribution in [-0.4, -0.2) is 99.5 Å². The number of piperidine rings is 2. The number of nitrogens with zero attached hydrogens (tertiary/aromatic N) is 6. The minimum atomic E-state index is -0.639. The average molecular weight is 584 g/mol. The summed E-state index contributed by atoms with van der Waals surface area (Å²) in [6, 6.07) is 20.2. The highest BCUT2D eigenvalue weighted by atomic mass is 16.3. The molecule has 2 aromatic carbocycles. The summed E-state index contributed by atoms with van der Waals surface area (Å²) in [5, 5.41) is 14.8. The molecule has 0 bridgehead atoms. The summed E-state index contributed by atoms with van der Waals surface area (Å²) in [4.78, 5) is 43.0. The maximum Gasteiger partial charge on any atom is 0.272 e. The van der Waals surface area contributed by atoms with Crippen molar-refractivity contribution in [1.29, 1.82) is 0 Å². The first-order chi connectivity index (χ1) is 20.9. The predicted molar refractivity (Wildman–Crippen MR) is 166 cm³/mol. The summed E-state index contributed by atoms with van der Waals surface area (Å²) in [5.41, 5.74) is 3.92. The fourth-order valence-electron chi connectivity index (χ4n) is 6.58. The standard InChI is InChI=1S/C33H41N7O3/c1-23(41)38-17-13-26(14-18-38)34-31-20-28(35-33(36-31)37(2)27-10-4-3-5-11-27)32(43)40-19-15-29(30(42)22-40)39-16-12-24-8-6-7-9-25(24)21-39/h3-11,20,26,29-30,42H,12-19,21-22H2,1-2H3,(H,34,35,36)/t29-,30-/m1/s1. The molecular formula is C33H41N7O3. The fraction of sp³-hybridized carbons (Fsp3) is 0.455. The van der Waals surface area contributed by atoms with E-state index in [1.165, 1.54) is 11.1 Å². The summed E-state index contributed by atoms with van der Waals surface area (Å²) < 4.78 is 0. The molecule has 10 heteroatoms. The van der Waals surface area contributed by atoms with Crippen molar-refractivity contribution in [3.05, 3.63) is 77.5 Å². The van der Waals surface area contributed by atoms with E-state index in [1.54, 1.807) is 17.9 Å². The van der Waals surface area contributed by atoms with E-state index >= 15 is 0 Å². The van der Waals surface area contributed by atoms with Crippen molar-refractivity contribution in [2.45, 2.75) is 57.3 Å². The number of amides is 2. The number of hydrogen-bond acceptors (Lipinski definition) is 8. The van der Waals surface area contributed by atoms with Crippen LogP contribution in [0, 0.1) is 0 Å². The highest BCUT2D eigenvalue weighted by Gasteiger charge is 2.36. The first-order valence-electron chi connectivity index (χ1n) is 15.3. The number of aliphatic hydroxyl groups is 1. The van der Waals surface area contributed by atoms with Crippen LogP contribution in [-0.2, 0) is 17.8 Å². The van der Waals surface area contributed by atoms with Crippen molar-refractivity contribution in [3.63, 3.8) is 0 Å². The molecule has 0 aliphatic carbocycles. The smallest absolute Gasteiger partial charge is 0.272 e. The molecule has 0 unspecified atom stereocenters. The van der Waals surface area contributed by atoms with Gasteiger partial charge in [0.1, 0.15) is 11.5 Å². The molecule has 2 saturated heterocycles. The van der Waals surface area contributed by atoms with Crippen LogP contribution in [0.3, 0.4) is 0 Å². The normalized spacial score (nSPS) is 21.3. The molecule has 0 saturated carbocycles. The Morgan fingerprint density at radius 3 is 2.33 bits per heavy atom. The van der Waals surface area contributed by atoms with Gasteiger partial charge in [0.15, 0.2) is 0 Å². The number of carbonyl (C=O) groups excluding carboxylic acids is 2. The highest BCUT2D eigenvalue weighted by molar-refractivity contribution is 5.93. The van der Waals surface area contributed by atoms with Gasteiger partial charge in [-0.15, -0.1) is 0 Å². The number of carbonyl (C=O) groups is 2. The number of para-hydroxylation sites is 1. The molecule has 0 radical (unpaired) electrons. The highest BCUT2D eigenvalue weighted by Crippen LogP contribution is 2.28. The molecule has 3 aliphatic heterocycles. The second kappa shape index (κ2) is 12.7. The molecule has 4 heterocycles. The van der Waals surface area contributed by atoms with Crippen LogP contribution in [0.4, 0.5) is 17.5 Å². The number of likely N-dealkylation sites (tertiary alicyclic amines) is 2.